The lowest BCUT2D eigenvalue weighted by Gasteiger charge is -2.27. The molecule has 1 heterocycles. The number of benzene rings is 2. The number of carbonyl (C=O) groups is 2. The number of hydrogen-bond donors (Lipinski definition) is 1. The van der Waals surface area contributed by atoms with Gasteiger partial charge < -0.3 is 19.5 Å². The minimum absolute atomic E-state index is 0.131. The molecule has 3 rings (SSSR count). The highest BCUT2D eigenvalue weighted by Crippen LogP contribution is 2.38. The summed E-state index contributed by atoms with van der Waals surface area (Å²) in [6, 6.07) is 14.7. The maximum Gasteiger partial charge on any atom is 0.336 e. The van der Waals surface area contributed by atoms with E-state index in [0.29, 0.717) is 17.0 Å². The molecule has 2 aromatic carbocycles. The van der Waals surface area contributed by atoms with Gasteiger partial charge in [0.25, 0.3) is 0 Å². The molecule has 0 aliphatic carbocycles. The predicted molar refractivity (Wildman–Crippen MR) is 104 cm³/mol. The van der Waals surface area contributed by atoms with Gasteiger partial charge in [-0.25, -0.2) is 4.79 Å². The number of ether oxygens (including phenoxy) is 3. The zero-order valence-electron chi connectivity index (χ0n) is 16.2. The summed E-state index contributed by atoms with van der Waals surface area (Å²) >= 11 is 0. The van der Waals surface area contributed by atoms with Gasteiger partial charge in [-0.1, -0.05) is 30.3 Å². The molecule has 1 aliphatic rings. The highest BCUT2D eigenvalue weighted by Gasteiger charge is 2.34. The quantitative estimate of drug-likeness (QED) is 0.777. The second kappa shape index (κ2) is 8.61. The van der Waals surface area contributed by atoms with Crippen LogP contribution in [0.2, 0.25) is 0 Å². The van der Waals surface area contributed by atoms with Gasteiger partial charge in [-0.3, -0.25) is 4.79 Å². The normalized spacial score (nSPS) is 16.4. The van der Waals surface area contributed by atoms with Gasteiger partial charge in [-0.15, -0.1) is 0 Å². The number of esters is 1. The molecule has 0 unspecified atom stereocenters. The highest BCUT2D eigenvalue weighted by molar-refractivity contribution is 5.96. The smallest absolute Gasteiger partial charge is 0.336 e. The molecule has 1 N–H and O–H groups in total. The second-order valence-corrected chi connectivity index (χ2v) is 6.51. The topological polar surface area (TPSA) is 73.9 Å². The number of amides is 1. The van der Waals surface area contributed by atoms with E-state index in [1.54, 1.807) is 21.1 Å². The third kappa shape index (κ3) is 4.17. The number of nitrogens with one attached hydrogen (secondary N) is 1. The molecule has 0 bridgehead atoms. The Morgan fingerprint density at radius 1 is 1.07 bits per heavy atom. The van der Waals surface area contributed by atoms with Crippen LogP contribution in [0.25, 0.3) is 0 Å². The summed E-state index contributed by atoms with van der Waals surface area (Å²) in [5.41, 5.74) is 2.58. The monoisotopic (exact) mass is 381 g/mol. The number of allylic oxidation sites excluding steroid dienone is 1. The number of para-hydroxylation sites is 1. The molecular formula is C22H23NO5. The molecule has 0 radical (unpaired) electrons. The van der Waals surface area contributed by atoms with Crippen molar-refractivity contribution in [2.75, 3.05) is 14.2 Å². The maximum atomic E-state index is 12.9. The molecule has 146 valence electrons. The number of methoxy groups -OCH3 is 2. The van der Waals surface area contributed by atoms with Gasteiger partial charge >= 0.3 is 5.97 Å². The molecule has 6 heteroatoms. The molecular weight excluding hydrogens is 358 g/mol. The fourth-order valence-corrected chi connectivity index (χ4v) is 3.34. The first-order valence-corrected chi connectivity index (χ1v) is 8.97. The lowest BCUT2D eigenvalue weighted by Crippen LogP contribution is -2.34. The Hall–Kier alpha value is -3.28. The summed E-state index contributed by atoms with van der Waals surface area (Å²) in [5, 5.41) is 2.74. The first kappa shape index (κ1) is 19.5. The molecule has 0 saturated carbocycles. The summed E-state index contributed by atoms with van der Waals surface area (Å²) in [6.07, 6.45) is 0.157. The third-order valence-corrected chi connectivity index (χ3v) is 4.73. The van der Waals surface area contributed by atoms with Crippen molar-refractivity contribution in [3.05, 3.63) is 70.9 Å². The average Bonchev–Trinajstić information content (AvgIpc) is 2.71. The van der Waals surface area contributed by atoms with E-state index < -0.39 is 11.9 Å². The lowest BCUT2D eigenvalue weighted by molar-refractivity contribution is -0.141. The largest absolute Gasteiger partial charge is 0.497 e. The molecule has 0 saturated heterocycles. The van der Waals surface area contributed by atoms with Crippen molar-refractivity contribution in [1.29, 1.82) is 0 Å². The van der Waals surface area contributed by atoms with Gasteiger partial charge in [-0.2, -0.15) is 0 Å². The van der Waals surface area contributed by atoms with Crippen molar-refractivity contribution in [2.24, 2.45) is 0 Å². The van der Waals surface area contributed by atoms with E-state index >= 15 is 0 Å². The van der Waals surface area contributed by atoms with Gasteiger partial charge in [0.15, 0.2) is 0 Å². The van der Waals surface area contributed by atoms with Gasteiger partial charge in [0.1, 0.15) is 18.1 Å². The molecule has 1 aliphatic heterocycles. The second-order valence-electron chi connectivity index (χ2n) is 6.51. The fraction of sp³-hybridized carbons (Fsp3) is 0.273. The fourth-order valence-electron chi connectivity index (χ4n) is 3.34. The first-order chi connectivity index (χ1) is 13.5. The number of carbonyl (C=O) groups excluding carboxylic acids is 2. The van der Waals surface area contributed by atoms with E-state index in [9.17, 15) is 9.59 Å². The van der Waals surface area contributed by atoms with Crippen molar-refractivity contribution < 1.29 is 23.8 Å². The zero-order valence-corrected chi connectivity index (χ0v) is 16.2. The van der Waals surface area contributed by atoms with Gasteiger partial charge in [-0.05, 0) is 30.7 Å². The lowest BCUT2D eigenvalue weighted by atomic mass is 9.84. The zero-order chi connectivity index (χ0) is 20.1. The van der Waals surface area contributed by atoms with E-state index in [2.05, 4.69) is 5.32 Å². The average molecular weight is 381 g/mol. The summed E-state index contributed by atoms with van der Waals surface area (Å²) in [4.78, 5) is 25.0. The summed E-state index contributed by atoms with van der Waals surface area (Å²) < 4.78 is 16.1. The molecule has 1 atom stereocenters. The molecule has 6 nitrogen and oxygen atoms in total. The molecule has 2 aromatic rings. The van der Waals surface area contributed by atoms with Crippen molar-refractivity contribution >= 4 is 11.9 Å². The number of hydrogen-bond acceptors (Lipinski definition) is 5. The summed E-state index contributed by atoms with van der Waals surface area (Å²) in [7, 11) is 3.17. The Bertz CT molecular complexity index is 901. The SMILES string of the molecule is COc1ccc(COC(=O)C2=C(C)NC(=O)C[C@H]2c2ccccc2OC)cc1. The van der Waals surface area contributed by atoms with Crippen LogP contribution < -0.4 is 14.8 Å². The Morgan fingerprint density at radius 2 is 1.79 bits per heavy atom. The van der Waals surface area contributed by atoms with Crippen molar-refractivity contribution in [1.82, 2.24) is 5.32 Å². The molecule has 1 amide bonds. The first-order valence-electron chi connectivity index (χ1n) is 8.97. The van der Waals surface area contributed by atoms with Crippen molar-refractivity contribution in [2.45, 2.75) is 25.9 Å². The van der Waals surface area contributed by atoms with Crippen LogP contribution >= 0.6 is 0 Å². The van der Waals surface area contributed by atoms with Gasteiger partial charge in [0.05, 0.1) is 19.8 Å². The minimum Gasteiger partial charge on any atom is -0.497 e. The minimum atomic E-state index is -0.454. The summed E-state index contributed by atoms with van der Waals surface area (Å²) in [5.74, 6) is 0.355. The van der Waals surface area contributed by atoms with Gasteiger partial charge in [0.2, 0.25) is 5.91 Å². The number of rotatable bonds is 6. The molecule has 0 spiro atoms. The van der Waals surface area contributed by atoms with Crippen LogP contribution in [0.4, 0.5) is 0 Å². The molecule has 0 fully saturated rings. The maximum absolute atomic E-state index is 12.9. The highest BCUT2D eigenvalue weighted by atomic mass is 16.5. The van der Waals surface area contributed by atoms with Gasteiger partial charge in [0, 0.05) is 23.6 Å². The Balaban J connectivity index is 1.84. The van der Waals surface area contributed by atoms with E-state index in [1.165, 1.54) is 0 Å². The van der Waals surface area contributed by atoms with Crippen LogP contribution in [0.1, 0.15) is 30.4 Å². The van der Waals surface area contributed by atoms with Crippen LogP contribution in [0.3, 0.4) is 0 Å². The van der Waals surface area contributed by atoms with E-state index in [1.807, 2.05) is 48.5 Å². The molecule has 28 heavy (non-hydrogen) atoms. The standard InChI is InChI=1S/C22H23NO5/c1-14-21(22(25)28-13-15-8-10-16(26-2)11-9-15)18(12-20(24)23-14)17-6-4-5-7-19(17)27-3/h4-11,18H,12-13H2,1-3H3,(H,23,24)/t18-/m0/s1. The third-order valence-electron chi connectivity index (χ3n) is 4.73. The van der Waals surface area contributed by atoms with Crippen LogP contribution in [-0.2, 0) is 20.9 Å². The Labute approximate surface area is 164 Å². The van der Waals surface area contributed by atoms with Crippen LogP contribution in [0.15, 0.2) is 59.8 Å². The van der Waals surface area contributed by atoms with Crippen molar-refractivity contribution in [3.63, 3.8) is 0 Å². The van der Waals surface area contributed by atoms with Crippen LogP contribution in [0.5, 0.6) is 11.5 Å². The summed E-state index contributed by atoms with van der Waals surface area (Å²) in [6.45, 7) is 1.84. The van der Waals surface area contributed by atoms with Crippen LogP contribution in [0, 0.1) is 0 Å². The molecule has 0 aromatic heterocycles. The van der Waals surface area contributed by atoms with E-state index in [-0.39, 0.29) is 18.9 Å². The predicted octanol–water partition coefficient (Wildman–Crippen LogP) is 3.32. The Kier molecular flexibility index (Phi) is 5.99. The van der Waals surface area contributed by atoms with Crippen LogP contribution in [-0.4, -0.2) is 26.1 Å². The van der Waals surface area contributed by atoms with E-state index in [4.69, 9.17) is 14.2 Å². The van der Waals surface area contributed by atoms with Crippen molar-refractivity contribution in [3.8, 4) is 11.5 Å². The Morgan fingerprint density at radius 3 is 2.46 bits per heavy atom. The van der Waals surface area contributed by atoms with E-state index in [0.717, 1.165) is 16.9 Å².